The summed E-state index contributed by atoms with van der Waals surface area (Å²) in [5.74, 6) is 0. The number of fused-ring (bicyclic) bond motifs is 4. The molecule has 2 aliphatic rings. The molecule has 1 aromatic carbocycles. The van der Waals surface area contributed by atoms with Gasteiger partial charge >= 0.3 is 6.03 Å². The molecular weight excluding hydrogens is 349 g/mol. The molecule has 4 rings (SSSR count). The number of halogens is 2. The number of amides is 2. The average Bonchev–Trinajstić information content (AvgIpc) is 2.86. The van der Waals surface area contributed by atoms with Gasteiger partial charge in [-0.2, -0.15) is 0 Å². The second kappa shape index (κ2) is 5.83. The molecule has 2 unspecified atom stereocenters. The van der Waals surface area contributed by atoms with E-state index in [1.165, 1.54) is 0 Å². The number of benzene rings is 1. The maximum atomic E-state index is 12.8. The van der Waals surface area contributed by atoms with Crippen molar-refractivity contribution in [3.63, 3.8) is 0 Å². The first-order chi connectivity index (χ1) is 11.5. The number of pyridine rings is 1. The molecule has 7 heteroatoms. The first-order valence-electron chi connectivity index (χ1n) is 7.79. The Balaban J connectivity index is 1.60. The van der Waals surface area contributed by atoms with Gasteiger partial charge in [-0.1, -0.05) is 23.2 Å². The smallest absolute Gasteiger partial charge is 0.322 e. The van der Waals surface area contributed by atoms with E-state index in [9.17, 15) is 9.59 Å². The maximum absolute atomic E-state index is 12.8. The highest BCUT2D eigenvalue weighted by molar-refractivity contribution is 6.42. The minimum absolute atomic E-state index is 0.00151. The number of hydrogen-bond acceptors (Lipinski definition) is 2. The van der Waals surface area contributed by atoms with E-state index in [1.807, 2.05) is 4.90 Å². The fourth-order valence-electron chi connectivity index (χ4n) is 3.72. The van der Waals surface area contributed by atoms with Crippen LogP contribution >= 0.6 is 23.2 Å². The Morgan fingerprint density at radius 2 is 2.04 bits per heavy atom. The van der Waals surface area contributed by atoms with Crippen molar-refractivity contribution in [1.82, 2.24) is 9.88 Å². The molecule has 2 aromatic rings. The van der Waals surface area contributed by atoms with Gasteiger partial charge in [0.15, 0.2) is 0 Å². The third-order valence-corrected chi connectivity index (χ3v) is 5.51. The lowest BCUT2D eigenvalue weighted by atomic mass is 9.95. The molecule has 2 bridgehead atoms. The van der Waals surface area contributed by atoms with Crippen LogP contribution < -0.4 is 10.9 Å². The van der Waals surface area contributed by atoms with Crippen LogP contribution in [0.5, 0.6) is 0 Å². The molecule has 5 nitrogen and oxygen atoms in total. The van der Waals surface area contributed by atoms with Crippen LogP contribution in [0, 0.1) is 0 Å². The Morgan fingerprint density at radius 1 is 1.21 bits per heavy atom. The monoisotopic (exact) mass is 363 g/mol. The Morgan fingerprint density at radius 3 is 2.83 bits per heavy atom. The molecule has 3 heterocycles. The second-order valence-electron chi connectivity index (χ2n) is 6.20. The highest BCUT2D eigenvalue weighted by atomic mass is 35.5. The fourth-order valence-corrected chi connectivity index (χ4v) is 4.02. The predicted molar refractivity (Wildman–Crippen MR) is 93.8 cm³/mol. The molecule has 2 N–H and O–H groups in total. The summed E-state index contributed by atoms with van der Waals surface area (Å²) in [5.41, 5.74) is 2.60. The second-order valence-corrected chi connectivity index (χ2v) is 7.01. The Hall–Kier alpha value is -1.98. The van der Waals surface area contributed by atoms with E-state index in [0.717, 1.165) is 24.0 Å². The van der Waals surface area contributed by atoms with Gasteiger partial charge in [-0.25, -0.2) is 4.79 Å². The molecule has 2 aliphatic heterocycles. The van der Waals surface area contributed by atoms with E-state index in [1.54, 1.807) is 30.5 Å². The quantitative estimate of drug-likeness (QED) is 0.804. The zero-order chi connectivity index (χ0) is 16.8. The van der Waals surface area contributed by atoms with Crippen LogP contribution in [-0.2, 0) is 6.42 Å². The van der Waals surface area contributed by atoms with E-state index in [-0.39, 0.29) is 23.7 Å². The van der Waals surface area contributed by atoms with Gasteiger partial charge in [0.25, 0.3) is 0 Å². The zero-order valence-corrected chi connectivity index (χ0v) is 14.2. The number of anilines is 1. The molecule has 0 saturated carbocycles. The van der Waals surface area contributed by atoms with Gasteiger partial charge in [0.1, 0.15) is 0 Å². The molecule has 2 amide bonds. The molecular formula is C17H15Cl2N3O2. The number of carbonyl (C=O) groups is 1. The number of aromatic nitrogens is 1. The average molecular weight is 364 g/mol. The topological polar surface area (TPSA) is 65.2 Å². The number of rotatable bonds is 1. The first kappa shape index (κ1) is 15.5. The molecule has 2 atom stereocenters. The summed E-state index contributed by atoms with van der Waals surface area (Å²) in [6.45, 7) is 0. The lowest BCUT2D eigenvalue weighted by Gasteiger charge is -2.36. The number of H-pyrrole nitrogens is 1. The predicted octanol–water partition coefficient (Wildman–Crippen LogP) is 3.98. The fraction of sp³-hybridized carbons (Fsp3) is 0.294. The number of aromatic amines is 1. The third kappa shape index (κ3) is 2.58. The Kier molecular flexibility index (Phi) is 3.77. The van der Waals surface area contributed by atoms with Gasteiger partial charge in [0.05, 0.1) is 16.1 Å². The molecule has 1 aromatic heterocycles. The minimum atomic E-state index is -0.155. The van der Waals surface area contributed by atoms with Crippen LogP contribution in [0.25, 0.3) is 0 Å². The molecule has 24 heavy (non-hydrogen) atoms. The lowest BCUT2D eigenvalue weighted by molar-refractivity contribution is 0.179. The van der Waals surface area contributed by atoms with Gasteiger partial charge in [0.2, 0.25) is 5.56 Å². The Bertz CT molecular complexity index is 880. The normalized spacial score (nSPS) is 21.5. The summed E-state index contributed by atoms with van der Waals surface area (Å²) in [5, 5.41) is 3.75. The number of nitrogens with one attached hydrogen (secondary N) is 2. The van der Waals surface area contributed by atoms with Gasteiger partial charge in [-0.15, -0.1) is 0 Å². The molecule has 0 aliphatic carbocycles. The van der Waals surface area contributed by atoms with E-state index >= 15 is 0 Å². The number of urea groups is 1. The van der Waals surface area contributed by atoms with Gasteiger partial charge in [0, 0.05) is 24.0 Å². The molecule has 124 valence electrons. The highest BCUT2D eigenvalue weighted by Crippen LogP contribution is 2.43. The Labute approximate surface area is 148 Å². The maximum Gasteiger partial charge on any atom is 0.322 e. The van der Waals surface area contributed by atoms with Crippen molar-refractivity contribution in [2.45, 2.75) is 31.3 Å². The molecule has 0 spiro atoms. The lowest BCUT2D eigenvalue weighted by Crippen LogP contribution is -2.44. The molecule has 1 fully saturated rings. The summed E-state index contributed by atoms with van der Waals surface area (Å²) in [6, 6.07) is 6.63. The highest BCUT2D eigenvalue weighted by Gasteiger charge is 2.42. The van der Waals surface area contributed by atoms with Crippen LogP contribution in [0.4, 0.5) is 10.5 Å². The third-order valence-electron chi connectivity index (χ3n) is 4.77. The summed E-state index contributed by atoms with van der Waals surface area (Å²) < 4.78 is 0. The van der Waals surface area contributed by atoms with E-state index in [0.29, 0.717) is 22.2 Å². The van der Waals surface area contributed by atoms with Crippen molar-refractivity contribution in [3.8, 4) is 0 Å². The number of carbonyl (C=O) groups excluding carboxylic acids is 1. The standard InChI is InChI=1S/C17H15Cl2N3O2/c18-13-3-1-10(7-14(13)19)21-17(24)22-11-2-4-15(22)12-8-20-16(23)6-9(12)5-11/h1,3,6-8,11,15H,2,4-5H2,(H,20,23)(H,21,24). The molecule has 0 radical (unpaired) electrons. The van der Waals surface area contributed by atoms with Crippen LogP contribution in [0.15, 0.2) is 35.3 Å². The van der Waals surface area contributed by atoms with Crippen molar-refractivity contribution >= 4 is 34.9 Å². The van der Waals surface area contributed by atoms with E-state index in [2.05, 4.69) is 10.3 Å². The van der Waals surface area contributed by atoms with Crippen molar-refractivity contribution in [1.29, 1.82) is 0 Å². The van der Waals surface area contributed by atoms with Crippen molar-refractivity contribution in [2.24, 2.45) is 0 Å². The van der Waals surface area contributed by atoms with Crippen molar-refractivity contribution in [2.75, 3.05) is 5.32 Å². The van der Waals surface area contributed by atoms with Gasteiger partial charge in [-0.3, -0.25) is 4.79 Å². The number of hydrogen-bond donors (Lipinski definition) is 2. The van der Waals surface area contributed by atoms with Crippen molar-refractivity contribution < 1.29 is 4.79 Å². The van der Waals surface area contributed by atoms with Gasteiger partial charge in [-0.05, 0) is 48.6 Å². The van der Waals surface area contributed by atoms with Crippen LogP contribution in [0.2, 0.25) is 10.0 Å². The van der Waals surface area contributed by atoms with Gasteiger partial charge < -0.3 is 15.2 Å². The first-order valence-corrected chi connectivity index (χ1v) is 8.54. The largest absolute Gasteiger partial charge is 0.329 e. The SMILES string of the molecule is O=C(Nc1ccc(Cl)c(Cl)c1)N1C2CCC1c1c[nH]c(=O)cc1C2. The van der Waals surface area contributed by atoms with Crippen molar-refractivity contribution in [3.05, 3.63) is 62.0 Å². The summed E-state index contributed by atoms with van der Waals surface area (Å²) in [4.78, 5) is 28.9. The number of nitrogens with zero attached hydrogens (tertiary/aromatic N) is 1. The molecule has 1 saturated heterocycles. The van der Waals surface area contributed by atoms with Crippen LogP contribution in [0.1, 0.15) is 30.0 Å². The zero-order valence-electron chi connectivity index (χ0n) is 12.7. The van der Waals surface area contributed by atoms with E-state index in [4.69, 9.17) is 23.2 Å². The summed E-state index contributed by atoms with van der Waals surface area (Å²) in [6.07, 6.45) is 4.29. The summed E-state index contributed by atoms with van der Waals surface area (Å²) in [7, 11) is 0. The van der Waals surface area contributed by atoms with Crippen LogP contribution in [-0.4, -0.2) is 22.0 Å². The van der Waals surface area contributed by atoms with Crippen LogP contribution in [0.3, 0.4) is 0 Å². The minimum Gasteiger partial charge on any atom is -0.329 e. The van der Waals surface area contributed by atoms with E-state index < -0.39 is 0 Å². The summed E-state index contributed by atoms with van der Waals surface area (Å²) >= 11 is 11.9.